The fourth-order valence-corrected chi connectivity index (χ4v) is 2.34. The Morgan fingerprint density at radius 1 is 1.16 bits per heavy atom. The number of hydrogen-bond acceptors (Lipinski definition) is 3. The molecule has 0 amide bonds. The molecule has 0 aliphatic rings. The SMILES string of the molecule is CN(C)c1cccc(OCc2cc(N)cc(Br)c2)c1. The summed E-state index contributed by atoms with van der Waals surface area (Å²) in [5.41, 5.74) is 8.69. The average molecular weight is 321 g/mol. The lowest BCUT2D eigenvalue weighted by Gasteiger charge is -2.14. The molecule has 4 heteroatoms. The number of anilines is 2. The normalized spacial score (nSPS) is 10.3. The van der Waals surface area contributed by atoms with E-state index in [0.717, 1.165) is 27.2 Å². The van der Waals surface area contributed by atoms with Crippen LogP contribution < -0.4 is 15.4 Å². The van der Waals surface area contributed by atoms with Crippen LogP contribution in [0.4, 0.5) is 11.4 Å². The van der Waals surface area contributed by atoms with Gasteiger partial charge in [-0.3, -0.25) is 0 Å². The number of hydrogen-bond donors (Lipinski definition) is 1. The van der Waals surface area contributed by atoms with Gasteiger partial charge in [-0.1, -0.05) is 22.0 Å². The van der Waals surface area contributed by atoms with Crippen molar-refractivity contribution >= 4 is 27.3 Å². The van der Waals surface area contributed by atoms with Crippen molar-refractivity contribution in [2.24, 2.45) is 0 Å². The standard InChI is InChI=1S/C15H17BrN2O/c1-18(2)14-4-3-5-15(9-14)19-10-11-6-12(16)8-13(17)7-11/h3-9H,10,17H2,1-2H3. The van der Waals surface area contributed by atoms with Crippen molar-refractivity contribution in [1.29, 1.82) is 0 Å². The van der Waals surface area contributed by atoms with Crippen LogP contribution in [0.3, 0.4) is 0 Å². The molecule has 2 aromatic carbocycles. The minimum absolute atomic E-state index is 0.501. The summed E-state index contributed by atoms with van der Waals surface area (Å²) in [6.07, 6.45) is 0. The van der Waals surface area contributed by atoms with Crippen molar-refractivity contribution in [1.82, 2.24) is 0 Å². The highest BCUT2D eigenvalue weighted by atomic mass is 79.9. The van der Waals surface area contributed by atoms with Crippen LogP contribution in [0.25, 0.3) is 0 Å². The van der Waals surface area contributed by atoms with E-state index in [4.69, 9.17) is 10.5 Å². The van der Waals surface area contributed by atoms with E-state index < -0.39 is 0 Å². The van der Waals surface area contributed by atoms with Gasteiger partial charge in [0, 0.05) is 36.0 Å². The highest BCUT2D eigenvalue weighted by Gasteiger charge is 2.01. The zero-order valence-corrected chi connectivity index (χ0v) is 12.6. The van der Waals surface area contributed by atoms with Crippen molar-refractivity contribution in [2.75, 3.05) is 24.7 Å². The molecule has 0 heterocycles. The first-order valence-corrected chi connectivity index (χ1v) is 6.79. The number of nitrogen functional groups attached to an aromatic ring is 1. The molecule has 2 aromatic rings. The molecule has 3 nitrogen and oxygen atoms in total. The van der Waals surface area contributed by atoms with E-state index in [1.807, 2.05) is 61.5 Å². The topological polar surface area (TPSA) is 38.5 Å². The smallest absolute Gasteiger partial charge is 0.121 e. The predicted octanol–water partition coefficient (Wildman–Crippen LogP) is 3.68. The molecule has 2 N–H and O–H groups in total. The van der Waals surface area contributed by atoms with Gasteiger partial charge in [0.1, 0.15) is 12.4 Å². The molecule has 0 aromatic heterocycles. The molecular formula is C15H17BrN2O. The lowest BCUT2D eigenvalue weighted by atomic mass is 10.2. The molecule has 0 atom stereocenters. The van der Waals surface area contributed by atoms with Gasteiger partial charge in [-0.2, -0.15) is 0 Å². The maximum atomic E-state index is 5.80. The van der Waals surface area contributed by atoms with E-state index in [-0.39, 0.29) is 0 Å². The molecule has 0 spiro atoms. The summed E-state index contributed by atoms with van der Waals surface area (Å²) in [6.45, 7) is 0.501. The number of nitrogens with zero attached hydrogens (tertiary/aromatic N) is 1. The van der Waals surface area contributed by atoms with E-state index in [1.165, 1.54) is 0 Å². The largest absolute Gasteiger partial charge is 0.489 e. The Bertz CT molecular complexity index is 550. The van der Waals surface area contributed by atoms with E-state index in [9.17, 15) is 0 Å². The zero-order chi connectivity index (χ0) is 13.8. The van der Waals surface area contributed by atoms with Crippen molar-refractivity contribution in [3.8, 4) is 5.75 Å². The van der Waals surface area contributed by atoms with Gasteiger partial charge in [0.25, 0.3) is 0 Å². The van der Waals surface area contributed by atoms with Crippen LogP contribution in [0.15, 0.2) is 46.9 Å². The second-order valence-corrected chi connectivity index (χ2v) is 5.49. The Morgan fingerprint density at radius 3 is 2.63 bits per heavy atom. The molecular weight excluding hydrogens is 304 g/mol. The molecule has 0 saturated carbocycles. The van der Waals surface area contributed by atoms with E-state index in [1.54, 1.807) is 0 Å². The Morgan fingerprint density at radius 2 is 1.95 bits per heavy atom. The van der Waals surface area contributed by atoms with Crippen molar-refractivity contribution < 1.29 is 4.74 Å². The van der Waals surface area contributed by atoms with Gasteiger partial charge in [0.15, 0.2) is 0 Å². The summed E-state index contributed by atoms with van der Waals surface area (Å²) in [5, 5.41) is 0. The summed E-state index contributed by atoms with van der Waals surface area (Å²) in [5.74, 6) is 0.852. The molecule has 0 fully saturated rings. The van der Waals surface area contributed by atoms with Gasteiger partial charge in [-0.05, 0) is 35.9 Å². The van der Waals surface area contributed by atoms with E-state index in [0.29, 0.717) is 6.61 Å². The Labute approximate surface area is 122 Å². The second-order valence-electron chi connectivity index (χ2n) is 4.57. The summed E-state index contributed by atoms with van der Waals surface area (Å²) in [6, 6.07) is 13.8. The van der Waals surface area contributed by atoms with Gasteiger partial charge >= 0.3 is 0 Å². The van der Waals surface area contributed by atoms with Gasteiger partial charge in [0.2, 0.25) is 0 Å². The highest BCUT2D eigenvalue weighted by molar-refractivity contribution is 9.10. The van der Waals surface area contributed by atoms with Gasteiger partial charge in [0.05, 0.1) is 0 Å². The Balaban J connectivity index is 2.07. The maximum absolute atomic E-state index is 5.80. The van der Waals surface area contributed by atoms with Crippen LogP contribution in [-0.2, 0) is 6.61 Å². The summed E-state index contributed by atoms with van der Waals surface area (Å²) in [4.78, 5) is 2.05. The number of rotatable bonds is 4. The molecule has 0 aliphatic carbocycles. The predicted molar refractivity (Wildman–Crippen MR) is 83.7 cm³/mol. The quantitative estimate of drug-likeness (QED) is 0.873. The van der Waals surface area contributed by atoms with Crippen LogP contribution in [0.5, 0.6) is 5.75 Å². The molecule has 0 aliphatic heterocycles. The first-order valence-electron chi connectivity index (χ1n) is 6.00. The average Bonchev–Trinajstić information content (AvgIpc) is 2.35. The third kappa shape index (κ3) is 3.89. The number of halogens is 1. The Kier molecular flexibility index (Phi) is 4.32. The molecule has 0 unspecified atom stereocenters. The highest BCUT2D eigenvalue weighted by Crippen LogP contribution is 2.22. The third-order valence-electron chi connectivity index (χ3n) is 2.72. The summed E-state index contributed by atoms with van der Waals surface area (Å²) >= 11 is 3.43. The first kappa shape index (κ1) is 13.7. The van der Waals surface area contributed by atoms with E-state index >= 15 is 0 Å². The molecule has 19 heavy (non-hydrogen) atoms. The van der Waals surface area contributed by atoms with Gasteiger partial charge < -0.3 is 15.4 Å². The zero-order valence-electron chi connectivity index (χ0n) is 11.1. The number of benzene rings is 2. The maximum Gasteiger partial charge on any atom is 0.121 e. The van der Waals surface area contributed by atoms with Gasteiger partial charge in [-0.25, -0.2) is 0 Å². The number of nitrogens with two attached hydrogens (primary N) is 1. The van der Waals surface area contributed by atoms with Crippen LogP contribution in [0.1, 0.15) is 5.56 Å². The lowest BCUT2D eigenvalue weighted by Crippen LogP contribution is -2.08. The van der Waals surface area contributed by atoms with Crippen molar-refractivity contribution in [3.63, 3.8) is 0 Å². The molecule has 0 bridgehead atoms. The molecule has 0 radical (unpaired) electrons. The van der Waals surface area contributed by atoms with Crippen molar-refractivity contribution in [2.45, 2.75) is 6.61 Å². The second kappa shape index (κ2) is 5.97. The van der Waals surface area contributed by atoms with Crippen molar-refractivity contribution in [3.05, 3.63) is 52.5 Å². The van der Waals surface area contributed by atoms with Crippen LogP contribution in [0, 0.1) is 0 Å². The molecule has 2 rings (SSSR count). The monoisotopic (exact) mass is 320 g/mol. The minimum Gasteiger partial charge on any atom is -0.489 e. The first-order chi connectivity index (χ1) is 9.04. The summed E-state index contributed by atoms with van der Waals surface area (Å²) in [7, 11) is 4.02. The fourth-order valence-electron chi connectivity index (χ4n) is 1.78. The number of ether oxygens (including phenoxy) is 1. The fraction of sp³-hybridized carbons (Fsp3) is 0.200. The van der Waals surface area contributed by atoms with Crippen LogP contribution in [-0.4, -0.2) is 14.1 Å². The Hall–Kier alpha value is -1.68. The minimum atomic E-state index is 0.501. The summed E-state index contributed by atoms with van der Waals surface area (Å²) < 4.78 is 6.76. The van der Waals surface area contributed by atoms with Gasteiger partial charge in [-0.15, -0.1) is 0 Å². The molecule has 100 valence electrons. The van der Waals surface area contributed by atoms with Crippen LogP contribution >= 0.6 is 15.9 Å². The molecule has 0 saturated heterocycles. The lowest BCUT2D eigenvalue weighted by molar-refractivity contribution is 0.306. The third-order valence-corrected chi connectivity index (χ3v) is 3.18. The van der Waals surface area contributed by atoms with E-state index in [2.05, 4.69) is 15.9 Å². The van der Waals surface area contributed by atoms with Crippen LogP contribution in [0.2, 0.25) is 0 Å².